The van der Waals surface area contributed by atoms with Gasteiger partial charge in [0.1, 0.15) is 11.8 Å². The van der Waals surface area contributed by atoms with Gasteiger partial charge in [0, 0.05) is 0 Å². The lowest BCUT2D eigenvalue weighted by molar-refractivity contribution is -0.143. The standard InChI is InChI=1S/C16H23NO3/c1-2-20-14-9-7-13(8-10-14)15(16(18)19)17-11-5-3-4-6-12-17/h7-10,15H,2-6,11-12H2,1H3,(H,18,19). The van der Waals surface area contributed by atoms with Crippen LogP contribution in [0.4, 0.5) is 0 Å². The van der Waals surface area contributed by atoms with Crippen molar-refractivity contribution < 1.29 is 14.6 Å². The molecule has 1 heterocycles. The normalized spacial score (nSPS) is 18.2. The Morgan fingerprint density at radius 3 is 2.30 bits per heavy atom. The van der Waals surface area contributed by atoms with E-state index in [1.54, 1.807) is 0 Å². The van der Waals surface area contributed by atoms with E-state index in [2.05, 4.69) is 4.90 Å². The summed E-state index contributed by atoms with van der Waals surface area (Å²) in [6.07, 6.45) is 4.57. The Labute approximate surface area is 120 Å². The van der Waals surface area contributed by atoms with Crippen LogP contribution in [0.1, 0.15) is 44.2 Å². The average molecular weight is 277 g/mol. The third kappa shape index (κ3) is 3.73. The van der Waals surface area contributed by atoms with Crippen molar-refractivity contribution in [1.82, 2.24) is 4.90 Å². The summed E-state index contributed by atoms with van der Waals surface area (Å²) >= 11 is 0. The van der Waals surface area contributed by atoms with Crippen LogP contribution in [0.3, 0.4) is 0 Å². The largest absolute Gasteiger partial charge is 0.494 e. The molecular formula is C16H23NO3. The van der Waals surface area contributed by atoms with Gasteiger partial charge in [-0.15, -0.1) is 0 Å². The Hall–Kier alpha value is -1.55. The van der Waals surface area contributed by atoms with Crippen LogP contribution in [0.15, 0.2) is 24.3 Å². The van der Waals surface area contributed by atoms with Crippen LogP contribution in [-0.2, 0) is 4.79 Å². The number of benzene rings is 1. The molecule has 1 aromatic carbocycles. The number of likely N-dealkylation sites (tertiary alicyclic amines) is 1. The highest BCUT2D eigenvalue weighted by Crippen LogP contribution is 2.26. The molecule has 1 aliphatic rings. The maximum atomic E-state index is 11.6. The summed E-state index contributed by atoms with van der Waals surface area (Å²) in [6.45, 7) is 4.29. The molecule has 4 heteroatoms. The first-order valence-corrected chi connectivity index (χ1v) is 7.42. The minimum atomic E-state index is -0.768. The lowest BCUT2D eigenvalue weighted by atomic mass is 10.0. The first kappa shape index (κ1) is 14.9. The molecule has 0 radical (unpaired) electrons. The quantitative estimate of drug-likeness (QED) is 0.898. The Kier molecular flexibility index (Phi) is 5.41. The number of ether oxygens (including phenoxy) is 1. The highest BCUT2D eigenvalue weighted by molar-refractivity contribution is 5.75. The van der Waals surface area contributed by atoms with Gasteiger partial charge in [0.2, 0.25) is 0 Å². The van der Waals surface area contributed by atoms with Crippen molar-refractivity contribution in [3.63, 3.8) is 0 Å². The molecule has 0 bridgehead atoms. The fourth-order valence-corrected chi connectivity index (χ4v) is 2.78. The van der Waals surface area contributed by atoms with Gasteiger partial charge >= 0.3 is 5.97 Å². The molecule has 0 aliphatic carbocycles. The van der Waals surface area contributed by atoms with E-state index >= 15 is 0 Å². The van der Waals surface area contributed by atoms with Gasteiger partial charge < -0.3 is 9.84 Å². The van der Waals surface area contributed by atoms with E-state index in [1.165, 1.54) is 12.8 Å². The number of nitrogens with zero attached hydrogens (tertiary/aromatic N) is 1. The Morgan fingerprint density at radius 2 is 1.80 bits per heavy atom. The van der Waals surface area contributed by atoms with Crippen LogP contribution < -0.4 is 4.74 Å². The number of aliphatic carboxylic acids is 1. The lowest BCUT2D eigenvalue weighted by Gasteiger charge is -2.27. The first-order valence-electron chi connectivity index (χ1n) is 7.42. The van der Waals surface area contributed by atoms with Crippen molar-refractivity contribution in [2.45, 2.75) is 38.6 Å². The molecule has 1 atom stereocenters. The van der Waals surface area contributed by atoms with Gasteiger partial charge in [-0.2, -0.15) is 0 Å². The predicted molar refractivity (Wildman–Crippen MR) is 78.0 cm³/mol. The zero-order valence-corrected chi connectivity index (χ0v) is 12.0. The van der Waals surface area contributed by atoms with Crippen molar-refractivity contribution in [2.75, 3.05) is 19.7 Å². The van der Waals surface area contributed by atoms with Gasteiger partial charge in [-0.3, -0.25) is 9.69 Å². The number of rotatable bonds is 5. The molecule has 20 heavy (non-hydrogen) atoms. The summed E-state index contributed by atoms with van der Waals surface area (Å²) in [5, 5.41) is 9.57. The molecule has 1 unspecified atom stereocenters. The van der Waals surface area contributed by atoms with Crippen molar-refractivity contribution in [3.05, 3.63) is 29.8 Å². The summed E-state index contributed by atoms with van der Waals surface area (Å²) in [5.74, 6) is 0.0207. The van der Waals surface area contributed by atoms with Gasteiger partial charge in [0.15, 0.2) is 0 Å². The second-order valence-corrected chi connectivity index (χ2v) is 5.19. The molecule has 0 spiro atoms. The molecular weight excluding hydrogens is 254 g/mol. The van der Waals surface area contributed by atoms with Gasteiger partial charge in [-0.1, -0.05) is 25.0 Å². The highest BCUT2D eigenvalue weighted by Gasteiger charge is 2.27. The number of hydrogen-bond donors (Lipinski definition) is 1. The minimum absolute atomic E-state index is 0.538. The second kappa shape index (κ2) is 7.29. The molecule has 1 saturated heterocycles. The lowest BCUT2D eigenvalue weighted by Crippen LogP contribution is -2.34. The van der Waals surface area contributed by atoms with Crippen LogP contribution in [-0.4, -0.2) is 35.7 Å². The molecule has 4 nitrogen and oxygen atoms in total. The van der Waals surface area contributed by atoms with Gasteiger partial charge in [-0.05, 0) is 50.6 Å². The van der Waals surface area contributed by atoms with Crippen LogP contribution in [0, 0.1) is 0 Å². The van der Waals surface area contributed by atoms with Crippen molar-refractivity contribution in [1.29, 1.82) is 0 Å². The smallest absolute Gasteiger partial charge is 0.325 e. The van der Waals surface area contributed by atoms with Crippen LogP contribution in [0.5, 0.6) is 5.75 Å². The topological polar surface area (TPSA) is 49.8 Å². The van der Waals surface area contributed by atoms with Crippen molar-refractivity contribution in [2.24, 2.45) is 0 Å². The van der Waals surface area contributed by atoms with E-state index in [0.717, 1.165) is 37.2 Å². The van der Waals surface area contributed by atoms with Gasteiger partial charge in [0.05, 0.1) is 6.61 Å². The summed E-state index contributed by atoms with van der Waals surface area (Å²) in [7, 11) is 0. The van der Waals surface area contributed by atoms with E-state index in [-0.39, 0.29) is 0 Å². The summed E-state index contributed by atoms with van der Waals surface area (Å²) in [6, 6.07) is 6.91. The van der Waals surface area contributed by atoms with Crippen molar-refractivity contribution in [3.8, 4) is 5.75 Å². The Morgan fingerprint density at radius 1 is 1.20 bits per heavy atom. The monoisotopic (exact) mass is 277 g/mol. The molecule has 1 aliphatic heterocycles. The molecule has 1 aromatic rings. The number of hydrogen-bond acceptors (Lipinski definition) is 3. The first-order chi connectivity index (χ1) is 9.72. The van der Waals surface area contributed by atoms with E-state index < -0.39 is 12.0 Å². The van der Waals surface area contributed by atoms with Crippen LogP contribution >= 0.6 is 0 Å². The third-order valence-electron chi connectivity index (χ3n) is 3.75. The molecule has 2 rings (SSSR count). The minimum Gasteiger partial charge on any atom is -0.494 e. The van der Waals surface area contributed by atoms with Crippen LogP contribution in [0.25, 0.3) is 0 Å². The molecule has 0 aromatic heterocycles. The molecule has 0 saturated carbocycles. The SMILES string of the molecule is CCOc1ccc(C(C(=O)O)N2CCCCCC2)cc1. The van der Waals surface area contributed by atoms with Crippen molar-refractivity contribution >= 4 is 5.97 Å². The van der Waals surface area contributed by atoms with E-state index in [4.69, 9.17) is 4.74 Å². The van der Waals surface area contributed by atoms with E-state index in [9.17, 15) is 9.90 Å². The zero-order chi connectivity index (χ0) is 14.4. The Balaban J connectivity index is 2.16. The summed E-state index contributed by atoms with van der Waals surface area (Å²) < 4.78 is 5.41. The molecule has 0 amide bonds. The van der Waals surface area contributed by atoms with E-state index in [0.29, 0.717) is 6.61 Å². The third-order valence-corrected chi connectivity index (χ3v) is 3.75. The van der Waals surface area contributed by atoms with Gasteiger partial charge in [-0.25, -0.2) is 0 Å². The molecule has 110 valence electrons. The van der Waals surface area contributed by atoms with Gasteiger partial charge in [0.25, 0.3) is 0 Å². The Bertz CT molecular complexity index is 422. The zero-order valence-electron chi connectivity index (χ0n) is 12.0. The number of carboxylic acid groups (broad SMARTS) is 1. The fraction of sp³-hybridized carbons (Fsp3) is 0.562. The average Bonchev–Trinajstić information content (AvgIpc) is 2.70. The number of carbonyl (C=O) groups is 1. The van der Waals surface area contributed by atoms with E-state index in [1.807, 2.05) is 31.2 Å². The van der Waals surface area contributed by atoms with Crippen LogP contribution in [0.2, 0.25) is 0 Å². The summed E-state index contributed by atoms with van der Waals surface area (Å²) in [4.78, 5) is 13.7. The summed E-state index contributed by atoms with van der Waals surface area (Å²) in [5.41, 5.74) is 0.836. The predicted octanol–water partition coefficient (Wildman–Crippen LogP) is 3.09. The number of carboxylic acids is 1. The molecule has 1 N–H and O–H groups in total. The second-order valence-electron chi connectivity index (χ2n) is 5.19. The maximum absolute atomic E-state index is 11.6. The molecule has 1 fully saturated rings. The highest BCUT2D eigenvalue weighted by atomic mass is 16.5. The maximum Gasteiger partial charge on any atom is 0.325 e. The fourth-order valence-electron chi connectivity index (χ4n) is 2.78.